The van der Waals surface area contributed by atoms with Crippen LogP contribution in [0.1, 0.15) is 25.3 Å². The first kappa shape index (κ1) is 17.1. The highest BCUT2D eigenvalue weighted by Crippen LogP contribution is 2.64. The molecule has 2 aromatic rings. The van der Waals surface area contributed by atoms with E-state index in [-0.39, 0.29) is 23.2 Å². The van der Waals surface area contributed by atoms with Gasteiger partial charge in [0.1, 0.15) is 5.75 Å². The van der Waals surface area contributed by atoms with E-state index in [0.29, 0.717) is 21.5 Å². The van der Waals surface area contributed by atoms with Crippen LogP contribution < -0.4 is 10.1 Å². The molecule has 0 aromatic heterocycles. The summed E-state index contributed by atoms with van der Waals surface area (Å²) in [6.45, 7) is 4.21. The number of anilines is 1. The molecule has 24 heavy (non-hydrogen) atoms. The highest BCUT2D eigenvalue weighted by atomic mass is 35.5. The summed E-state index contributed by atoms with van der Waals surface area (Å²) in [6.07, 6.45) is 0. The van der Waals surface area contributed by atoms with Gasteiger partial charge < -0.3 is 10.1 Å². The van der Waals surface area contributed by atoms with E-state index in [9.17, 15) is 4.79 Å². The lowest BCUT2D eigenvalue weighted by molar-refractivity contribution is -0.118. The van der Waals surface area contributed by atoms with Crippen molar-refractivity contribution in [2.24, 2.45) is 11.3 Å². The van der Waals surface area contributed by atoms with Crippen molar-refractivity contribution in [1.82, 2.24) is 0 Å². The maximum Gasteiger partial charge on any atom is 0.228 e. The van der Waals surface area contributed by atoms with Crippen molar-refractivity contribution in [3.63, 3.8) is 0 Å². The number of benzene rings is 2. The van der Waals surface area contributed by atoms with Gasteiger partial charge in [-0.25, -0.2) is 0 Å². The maximum absolute atomic E-state index is 12.8. The van der Waals surface area contributed by atoms with E-state index in [2.05, 4.69) is 19.2 Å². The molecular weight excluding hydrogens is 345 g/mol. The molecule has 0 bridgehead atoms. The molecular formula is C19H19Cl2NO2. The number of rotatable bonds is 4. The first-order valence-electron chi connectivity index (χ1n) is 7.74. The Bertz CT molecular complexity index is 771. The van der Waals surface area contributed by atoms with Crippen LogP contribution in [0.4, 0.5) is 5.69 Å². The molecule has 126 valence electrons. The van der Waals surface area contributed by atoms with Crippen molar-refractivity contribution in [3.8, 4) is 5.75 Å². The fourth-order valence-corrected chi connectivity index (χ4v) is 3.71. The van der Waals surface area contributed by atoms with Gasteiger partial charge in [-0.2, -0.15) is 0 Å². The third-order valence-corrected chi connectivity index (χ3v) is 5.25. The molecule has 5 heteroatoms. The van der Waals surface area contributed by atoms with Gasteiger partial charge in [-0.3, -0.25) is 4.79 Å². The van der Waals surface area contributed by atoms with Gasteiger partial charge >= 0.3 is 0 Å². The van der Waals surface area contributed by atoms with Gasteiger partial charge in [0.05, 0.1) is 18.7 Å². The molecule has 0 unspecified atom stereocenters. The van der Waals surface area contributed by atoms with Crippen LogP contribution in [0, 0.1) is 11.3 Å². The molecule has 0 spiro atoms. The third-order valence-electron chi connectivity index (χ3n) is 4.76. The number of amides is 1. The average Bonchev–Trinajstić information content (AvgIpc) is 3.11. The van der Waals surface area contributed by atoms with E-state index < -0.39 is 0 Å². The Balaban J connectivity index is 1.81. The number of carbonyl (C=O) groups is 1. The summed E-state index contributed by atoms with van der Waals surface area (Å²) in [4.78, 5) is 12.8. The number of ether oxygens (including phenoxy) is 1. The minimum Gasteiger partial charge on any atom is -0.495 e. The molecule has 0 saturated heterocycles. The molecule has 1 fully saturated rings. The normalized spacial score (nSPS) is 21.2. The van der Waals surface area contributed by atoms with Gasteiger partial charge in [0.2, 0.25) is 5.91 Å². The number of nitrogens with one attached hydrogen (secondary N) is 1. The molecule has 1 aliphatic carbocycles. The maximum atomic E-state index is 12.8. The molecule has 1 aliphatic rings. The first-order chi connectivity index (χ1) is 11.3. The molecule has 3 rings (SSSR count). The smallest absolute Gasteiger partial charge is 0.228 e. The van der Waals surface area contributed by atoms with Crippen LogP contribution in [0.15, 0.2) is 42.5 Å². The molecule has 2 atom stereocenters. The van der Waals surface area contributed by atoms with Crippen LogP contribution in [0.25, 0.3) is 0 Å². The standard InChI is InChI=1S/C19H19Cl2NO2/c1-19(2)16(11-4-6-12(20)7-5-11)17(19)18(23)22-14-10-13(21)8-9-15(14)24-3/h4-10,16-17H,1-3H3,(H,22,23)/t16-,17+/m0/s1. The van der Waals surface area contributed by atoms with E-state index in [4.69, 9.17) is 27.9 Å². The lowest BCUT2D eigenvalue weighted by Gasteiger charge is -2.11. The van der Waals surface area contributed by atoms with Crippen LogP contribution >= 0.6 is 23.2 Å². The van der Waals surface area contributed by atoms with Gasteiger partial charge in [0, 0.05) is 16.0 Å². The van der Waals surface area contributed by atoms with E-state index in [1.54, 1.807) is 25.3 Å². The number of methoxy groups -OCH3 is 1. The summed E-state index contributed by atoms with van der Waals surface area (Å²) >= 11 is 12.0. The van der Waals surface area contributed by atoms with Crippen molar-refractivity contribution < 1.29 is 9.53 Å². The molecule has 0 radical (unpaired) electrons. The average molecular weight is 364 g/mol. The van der Waals surface area contributed by atoms with E-state index in [1.807, 2.05) is 24.3 Å². The molecule has 3 nitrogen and oxygen atoms in total. The number of halogens is 2. The minimum atomic E-state index is -0.109. The molecule has 1 amide bonds. The molecule has 2 aromatic carbocycles. The number of hydrogen-bond acceptors (Lipinski definition) is 2. The Morgan fingerprint density at radius 3 is 2.33 bits per heavy atom. The van der Waals surface area contributed by atoms with Crippen molar-refractivity contribution in [2.45, 2.75) is 19.8 Å². The fourth-order valence-electron chi connectivity index (χ4n) is 3.41. The van der Waals surface area contributed by atoms with Gasteiger partial charge in [0.15, 0.2) is 0 Å². The van der Waals surface area contributed by atoms with Gasteiger partial charge in [-0.1, -0.05) is 49.2 Å². The minimum absolute atomic E-state index is 0.0273. The van der Waals surface area contributed by atoms with E-state index in [1.165, 1.54) is 0 Å². The fraction of sp³-hybridized carbons (Fsp3) is 0.316. The first-order valence-corrected chi connectivity index (χ1v) is 8.50. The number of carbonyl (C=O) groups excluding carboxylic acids is 1. The van der Waals surface area contributed by atoms with Gasteiger partial charge in [-0.15, -0.1) is 0 Å². The summed E-state index contributed by atoms with van der Waals surface area (Å²) in [7, 11) is 1.57. The summed E-state index contributed by atoms with van der Waals surface area (Å²) in [5, 5.41) is 4.20. The lowest BCUT2D eigenvalue weighted by Crippen LogP contribution is -2.17. The summed E-state index contributed by atoms with van der Waals surface area (Å²) in [6, 6.07) is 12.9. The topological polar surface area (TPSA) is 38.3 Å². The van der Waals surface area contributed by atoms with Crippen molar-refractivity contribution in [1.29, 1.82) is 0 Å². The zero-order valence-corrected chi connectivity index (χ0v) is 15.3. The van der Waals surface area contributed by atoms with Crippen LogP contribution in [0.2, 0.25) is 10.0 Å². The van der Waals surface area contributed by atoms with Crippen molar-refractivity contribution in [2.75, 3.05) is 12.4 Å². The van der Waals surface area contributed by atoms with Crippen molar-refractivity contribution >= 4 is 34.8 Å². The zero-order valence-electron chi connectivity index (χ0n) is 13.8. The Hall–Kier alpha value is -1.71. The SMILES string of the molecule is COc1ccc(Cl)cc1NC(=O)[C@H]1[C@H](c2ccc(Cl)cc2)C1(C)C. The summed E-state index contributed by atoms with van der Waals surface area (Å²) in [5.41, 5.74) is 1.61. The van der Waals surface area contributed by atoms with Gasteiger partial charge in [0.25, 0.3) is 0 Å². The highest BCUT2D eigenvalue weighted by molar-refractivity contribution is 6.31. The predicted molar refractivity (Wildman–Crippen MR) is 98.1 cm³/mol. The Kier molecular flexibility index (Phi) is 4.50. The Morgan fingerprint density at radius 2 is 1.71 bits per heavy atom. The third kappa shape index (κ3) is 3.11. The largest absolute Gasteiger partial charge is 0.495 e. The van der Waals surface area contributed by atoms with Crippen LogP contribution in [0.3, 0.4) is 0 Å². The summed E-state index contributed by atoms with van der Waals surface area (Å²) < 4.78 is 5.29. The molecule has 1 saturated carbocycles. The summed E-state index contributed by atoms with van der Waals surface area (Å²) in [5.74, 6) is 0.622. The second-order valence-electron chi connectivity index (χ2n) is 6.66. The quantitative estimate of drug-likeness (QED) is 0.791. The number of hydrogen-bond donors (Lipinski definition) is 1. The predicted octanol–water partition coefficient (Wildman–Crippen LogP) is 5.38. The van der Waals surface area contributed by atoms with Crippen LogP contribution in [-0.4, -0.2) is 13.0 Å². The Labute approximate surface area is 151 Å². The van der Waals surface area contributed by atoms with E-state index >= 15 is 0 Å². The van der Waals surface area contributed by atoms with Crippen molar-refractivity contribution in [3.05, 3.63) is 58.1 Å². The highest BCUT2D eigenvalue weighted by Gasteiger charge is 2.62. The second-order valence-corrected chi connectivity index (χ2v) is 7.53. The lowest BCUT2D eigenvalue weighted by atomic mass is 10.0. The molecule has 1 N–H and O–H groups in total. The van der Waals surface area contributed by atoms with Crippen LogP contribution in [0.5, 0.6) is 5.75 Å². The van der Waals surface area contributed by atoms with Crippen LogP contribution in [-0.2, 0) is 4.79 Å². The van der Waals surface area contributed by atoms with E-state index in [0.717, 1.165) is 5.56 Å². The molecule has 0 heterocycles. The monoisotopic (exact) mass is 363 g/mol. The molecule has 0 aliphatic heterocycles. The Morgan fingerprint density at radius 1 is 1.08 bits per heavy atom. The zero-order chi connectivity index (χ0) is 17.5. The van der Waals surface area contributed by atoms with Gasteiger partial charge in [-0.05, 0) is 41.3 Å². The second kappa shape index (κ2) is 6.30.